The maximum atomic E-state index is 10.5. The van der Waals surface area contributed by atoms with Crippen LogP contribution in [0.3, 0.4) is 0 Å². The standard InChI is InChI=1S/C10H10N2O/c1-7-9-5-8(6-13)3-4-10(9)12(2)11-7/h3-6H,1-2H3. The Morgan fingerprint density at radius 2 is 2.23 bits per heavy atom. The Bertz CT molecular complexity index is 471. The van der Waals surface area contributed by atoms with Gasteiger partial charge in [0, 0.05) is 18.0 Å². The summed E-state index contributed by atoms with van der Waals surface area (Å²) in [7, 11) is 1.90. The molecule has 0 N–H and O–H groups in total. The fourth-order valence-corrected chi connectivity index (χ4v) is 1.53. The Kier molecular flexibility index (Phi) is 1.65. The van der Waals surface area contributed by atoms with E-state index in [0.29, 0.717) is 5.56 Å². The molecule has 3 nitrogen and oxygen atoms in total. The highest BCUT2D eigenvalue weighted by Crippen LogP contribution is 2.17. The van der Waals surface area contributed by atoms with Gasteiger partial charge in [0.25, 0.3) is 0 Å². The molecule has 0 radical (unpaired) electrons. The molecule has 1 aromatic carbocycles. The van der Waals surface area contributed by atoms with Crippen molar-refractivity contribution in [3.05, 3.63) is 29.5 Å². The van der Waals surface area contributed by atoms with E-state index < -0.39 is 0 Å². The third-order valence-corrected chi connectivity index (χ3v) is 2.20. The first-order valence-corrected chi connectivity index (χ1v) is 4.11. The number of carbonyl (C=O) groups is 1. The maximum Gasteiger partial charge on any atom is 0.150 e. The van der Waals surface area contributed by atoms with Gasteiger partial charge in [0.05, 0.1) is 11.2 Å². The van der Waals surface area contributed by atoms with Crippen LogP contribution >= 0.6 is 0 Å². The molecule has 0 unspecified atom stereocenters. The minimum absolute atomic E-state index is 0.698. The summed E-state index contributed by atoms with van der Waals surface area (Å²) in [5.41, 5.74) is 2.72. The largest absolute Gasteiger partial charge is 0.298 e. The first-order valence-electron chi connectivity index (χ1n) is 4.11. The lowest BCUT2D eigenvalue weighted by Crippen LogP contribution is -1.89. The molecule has 0 saturated carbocycles. The zero-order valence-electron chi connectivity index (χ0n) is 7.61. The SMILES string of the molecule is Cc1nn(C)c2ccc(C=O)cc12. The van der Waals surface area contributed by atoms with Crippen LogP contribution in [0.2, 0.25) is 0 Å². The van der Waals surface area contributed by atoms with Crippen molar-refractivity contribution in [2.75, 3.05) is 0 Å². The minimum atomic E-state index is 0.698. The lowest BCUT2D eigenvalue weighted by Gasteiger charge is -1.93. The molecular formula is C10H10N2O. The normalized spacial score (nSPS) is 10.6. The van der Waals surface area contributed by atoms with Gasteiger partial charge in [0.2, 0.25) is 0 Å². The molecule has 0 saturated heterocycles. The molecule has 0 aliphatic carbocycles. The van der Waals surface area contributed by atoms with Crippen molar-refractivity contribution < 1.29 is 4.79 Å². The number of aryl methyl sites for hydroxylation is 2. The van der Waals surface area contributed by atoms with Gasteiger partial charge in [-0.2, -0.15) is 5.10 Å². The summed E-state index contributed by atoms with van der Waals surface area (Å²) >= 11 is 0. The van der Waals surface area contributed by atoms with Crippen molar-refractivity contribution >= 4 is 17.2 Å². The number of hydrogen-bond donors (Lipinski definition) is 0. The molecule has 0 aliphatic rings. The molecule has 1 aromatic heterocycles. The predicted octanol–water partition coefficient (Wildman–Crippen LogP) is 1.69. The highest BCUT2D eigenvalue weighted by Gasteiger charge is 2.04. The zero-order valence-corrected chi connectivity index (χ0v) is 7.61. The van der Waals surface area contributed by atoms with Gasteiger partial charge < -0.3 is 0 Å². The van der Waals surface area contributed by atoms with Crippen LogP contribution in [0.15, 0.2) is 18.2 Å². The lowest BCUT2D eigenvalue weighted by molar-refractivity contribution is 0.112. The van der Waals surface area contributed by atoms with Crippen molar-refractivity contribution in [1.29, 1.82) is 0 Å². The highest BCUT2D eigenvalue weighted by molar-refractivity contribution is 5.88. The van der Waals surface area contributed by atoms with Crippen LogP contribution in [0.1, 0.15) is 16.1 Å². The van der Waals surface area contributed by atoms with Gasteiger partial charge >= 0.3 is 0 Å². The molecule has 13 heavy (non-hydrogen) atoms. The minimum Gasteiger partial charge on any atom is -0.298 e. The summed E-state index contributed by atoms with van der Waals surface area (Å²) in [6, 6.07) is 5.58. The van der Waals surface area contributed by atoms with Gasteiger partial charge in [-0.1, -0.05) is 0 Å². The fourth-order valence-electron chi connectivity index (χ4n) is 1.53. The van der Waals surface area contributed by atoms with Gasteiger partial charge in [0.1, 0.15) is 6.29 Å². The highest BCUT2D eigenvalue weighted by atomic mass is 16.1. The number of aldehydes is 1. The van der Waals surface area contributed by atoms with E-state index in [4.69, 9.17) is 0 Å². The number of fused-ring (bicyclic) bond motifs is 1. The summed E-state index contributed by atoms with van der Waals surface area (Å²) in [6.07, 6.45) is 0.853. The molecule has 3 heteroatoms. The van der Waals surface area contributed by atoms with Crippen LogP contribution in [0.25, 0.3) is 10.9 Å². The lowest BCUT2D eigenvalue weighted by atomic mass is 10.1. The number of benzene rings is 1. The average Bonchev–Trinajstić information content (AvgIpc) is 2.42. The van der Waals surface area contributed by atoms with E-state index in [-0.39, 0.29) is 0 Å². The fraction of sp³-hybridized carbons (Fsp3) is 0.200. The molecule has 0 aliphatic heterocycles. The summed E-state index contributed by atoms with van der Waals surface area (Å²) < 4.78 is 1.82. The second kappa shape index (κ2) is 2.69. The molecule has 66 valence electrons. The van der Waals surface area contributed by atoms with Crippen molar-refractivity contribution in [1.82, 2.24) is 9.78 Å². The number of hydrogen-bond acceptors (Lipinski definition) is 2. The van der Waals surface area contributed by atoms with Gasteiger partial charge in [-0.25, -0.2) is 0 Å². The molecule has 1 heterocycles. The number of aromatic nitrogens is 2. The second-order valence-corrected chi connectivity index (χ2v) is 3.10. The smallest absolute Gasteiger partial charge is 0.150 e. The third kappa shape index (κ3) is 1.13. The van der Waals surface area contributed by atoms with Crippen LogP contribution in [-0.2, 0) is 7.05 Å². The van der Waals surface area contributed by atoms with Crippen LogP contribution in [0.5, 0.6) is 0 Å². The van der Waals surface area contributed by atoms with E-state index in [0.717, 1.165) is 22.9 Å². The van der Waals surface area contributed by atoms with Crippen LogP contribution in [0, 0.1) is 6.92 Å². The Morgan fingerprint density at radius 3 is 2.92 bits per heavy atom. The second-order valence-electron chi connectivity index (χ2n) is 3.10. The Balaban J connectivity index is 2.83. The average molecular weight is 174 g/mol. The summed E-state index contributed by atoms with van der Waals surface area (Å²) in [5.74, 6) is 0. The Labute approximate surface area is 76.0 Å². The van der Waals surface area contributed by atoms with E-state index >= 15 is 0 Å². The van der Waals surface area contributed by atoms with Gasteiger partial charge in [0.15, 0.2) is 0 Å². The van der Waals surface area contributed by atoms with Crippen molar-refractivity contribution in [2.45, 2.75) is 6.92 Å². The van der Waals surface area contributed by atoms with E-state index in [1.165, 1.54) is 0 Å². The van der Waals surface area contributed by atoms with Gasteiger partial charge in [-0.3, -0.25) is 9.48 Å². The molecule has 0 atom stereocenters. The quantitative estimate of drug-likeness (QED) is 0.617. The number of carbonyl (C=O) groups excluding carboxylic acids is 1. The van der Waals surface area contributed by atoms with Gasteiger partial charge in [-0.05, 0) is 25.1 Å². The van der Waals surface area contributed by atoms with E-state index in [9.17, 15) is 4.79 Å². The van der Waals surface area contributed by atoms with Crippen LogP contribution < -0.4 is 0 Å². The summed E-state index contributed by atoms with van der Waals surface area (Å²) in [6.45, 7) is 1.94. The van der Waals surface area contributed by atoms with Crippen molar-refractivity contribution in [3.8, 4) is 0 Å². The Hall–Kier alpha value is -1.64. The Morgan fingerprint density at radius 1 is 1.46 bits per heavy atom. The van der Waals surface area contributed by atoms with E-state index in [1.54, 1.807) is 6.07 Å². The van der Waals surface area contributed by atoms with Crippen molar-refractivity contribution in [3.63, 3.8) is 0 Å². The van der Waals surface area contributed by atoms with Crippen LogP contribution in [-0.4, -0.2) is 16.1 Å². The molecule has 0 amide bonds. The van der Waals surface area contributed by atoms with Crippen molar-refractivity contribution in [2.24, 2.45) is 7.05 Å². The van der Waals surface area contributed by atoms with Crippen LogP contribution in [0.4, 0.5) is 0 Å². The molecule has 0 spiro atoms. The van der Waals surface area contributed by atoms with E-state index in [1.807, 2.05) is 30.8 Å². The predicted molar refractivity (Wildman–Crippen MR) is 50.8 cm³/mol. The monoisotopic (exact) mass is 174 g/mol. The first kappa shape index (κ1) is 7.98. The van der Waals surface area contributed by atoms with E-state index in [2.05, 4.69) is 5.10 Å². The molecule has 2 aromatic rings. The third-order valence-electron chi connectivity index (χ3n) is 2.20. The molecule has 0 fully saturated rings. The molecular weight excluding hydrogens is 164 g/mol. The number of nitrogens with zero attached hydrogens (tertiary/aromatic N) is 2. The molecule has 2 rings (SSSR count). The zero-order chi connectivity index (χ0) is 9.42. The van der Waals surface area contributed by atoms with Gasteiger partial charge in [-0.15, -0.1) is 0 Å². The topological polar surface area (TPSA) is 34.9 Å². The first-order chi connectivity index (χ1) is 6.22. The molecule has 0 bridgehead atoms. The summed E-state index contributed by atoms with van der Waals surface area (Å²) in [4.78, 5) is 10.5. The summed E-state index contributed by atoms with van der Waals surface area (Å²) in [5, 5.41) is 5.31. The number of rotatable bonds is 1. The maximum absolute atomic E-state index is 10.5.